The molecule has 1 heterocycles. The molecule has 1 aliphatic rings. The highest BCUT2D eigenvalue weighted by Gasteiger charge is 2.27. The van der Waals surface area contributed by atoms with E-state index in [1.165, 1.54) is 0 Å². The highest BCUT2D eigenvalue weighted by atomic mass is 35.5. The van der Waals surface area contributed by atoms with Crippen LogP contribution in [-0.2, 0) is 11.2 Å². The normalized spacial score (nSPS) is 24.0. The van der Waals surface area contributed by atoms with E-state index in [1.54, 1.807) is 0 Å². The topological polar surface area (TPSA) is 61.4 Å². The fourth-order valence-corrected chi connectivity index (χ4v) is 2.84. The Labute approximate surface area is 139 Å². The van der Waals surface area contributed by atoms with Gasteiger partial charge in [-0.3, -0.25) is 4.79 Å². The molecule has 4 nitrogen and oxygen atoms in total. The minimum atomic E-state index is -0.560. The molecule has 1 aromatic rings. The zero-order valence-electron chi connectivity index (χ0n) is 13.3. The number of benzene rings is 1. The van der Waals surface area contributed by atoms with E-state index in [1.807, 2.05) is 37.3 Å². The number of halogens is 1. The van der Waals surface area contributed by atoms with E-state index in [9.17, 15) is 9.90 Å². The van der Waals surface area contributed by atoms with Crippen molar-refractivity contribution in [3.63, 3.8) is 0 Å². The highest BCUT2D eigenvalue weighted by molar-refractivity contribution is 5.85. The molecule has 0 radical (unpaired) electrons. The number of carbonyl (C=O) groups is 1. The summed E-state index contributed by atoms with van der Waals surface area (Å²) in [5.74, 6) is 0.135. The number of rotatable bonds is 5. The number of amides is 1. The van der Waals surface area contributed by atoms with Crippen molar-refractivity contribution in [3.8, 4) is 0 Å². The van der Waals surface area contributed by atoms with Gasteiger partial charge in [-0.05, 0) is 38.8 Å². The largest absolute Gasteiger partial charge is 0.391 e. The molecule has 0 aromatic heterocycles. The van der Waals surface area contributed by atoms with Crippen LogP contribution in [0.4, 0.5) is 0 Å². The molecule has 4 atom stereocenters. The number of nitrogens with one attached hydrogen (secondary N) is 2. The van der Waals surface area contributed by atoms with E-state index in [2.05, 4.69) is 17.6 Å². The van der Waals surface area contributed by atoms with Gasteiger partial charge in [0.15, 0.2) is 0 Å². The lowest BCUT2D eigenvalue weighted by Gasteiger charge is -2.29. The quantitative estimate of drug-likeness (QED) is 0.774. The Morgan fingerprint density at radius 2 is 2.09 bits per heavy atom. The maximum absolute atomic E-state index is 12.3. The number of piperidine rings is 1. The van der Waals surface area contributed by atoms with E-state index in [0.29, 0.717) is 12.5 Å². The molecule has 0 saturated carbocycles. The smallest absolute Gasteiger partial charge is 0.223 e. The zero-order chi connectivity index (χ0) is 15.2. The second-order valence-corrected chi connectivity index (χ2v) is 6.13. The summed E-state index contributed by atoms with van der Waals surface area (Å²) in [6, 6.07) is 10.0. The Kier molecular flexibility index (Phi) is 7.87. The van der Waals surface area contributed by atoms with Crippen molar-refractivity contribution < 1.29 is 9.90 Å². The average molecular weight is 327 g/mol. The van der Waals surface area contributed by atoms with Crippen LogP contribution in [0.15, 0.2) is 30.3 Å². The maximum Gasteiger partial charge on any atom is 0.223 e. The second-order valence-electron chi connectivity index (χ2n) is 6.13. The Morgan fingerprint density at radius 3 is 2.73 bits per heavy atom. The van der Waals surface area contributed by atoms with Crippen LogP contribution in [0.2, 0.25) is 0 Å². The van der Waals surface area contributed by atoms with Crippen LogP contribution in [0.25, 0.3) is 0 Å². The van der Waals surface area contributed by atoms with E-state index >= 15 is 0 Å². The predicted octanol–water partition coefficient (Wildman–Crippen LogP) is 1.90. The molecule has 1 amide bonds. The third kappa shape index (κ3) is 5.59. The Bertz CT molecular complexity index is 455. The summed E-state index contributed by atoms with van der Waals surface area (Å²) in [4.78, 5) is 12.3. The first kappa shape index (κ1) is 18.9. The minimum absolute atomic E-state index is 0. The first-order chi connectivity index (χ1) is 10.1. The summed E-state index contributed by atoms with van der Waals surface area (Å²) >= 11 is 0. The number of hydrogen-bond acceptors (Lipinski definition) is 3. The zero-order valence-corrected chi connectivity index (χ0v) is 14.1. The lowest BCUT2D eigenvalue weighted by molar-refractivity contribution is -0.127. The molecule has 124 valence electrons. The van der Waals surface area contributed by atoms with Crippen molar-refractivity contribution in [2.75, 3.05) is 6.54 Å². The molecule has 2 rings (SSSR count). The van der Waals surface area contributed by atoms with Crippen LogP contribution in [0, 0.1) is 5.92 Å². The molecule has 0 aliphatic carbocycles. The predicted molar refractivity (Wildman–Crippen MR) is 91.2 cm³/mol. The van der Waals surface area contributed by atoms with Gasteiger partial charge in [0.25, 0.3) is 0 Å². The molecule has 22 heavy (non-hydrogen) atoms. The molecule has 1 saturated heterocycles. The van der Waals surface area contributed by atoms with Crippen molar-refractivity contribution in [1.29, 1.82) is 0 Å². The molecular formula is C17H27ClN2O2. The average Bonchev–Trinajstić information content (AvgIpc) is 2.48. The molecule has 0 bridgehead atoms. The molecule has 5 heteroatoms. The lowest BCUT2D eigenvalue weighted by Crippen LogP contribution is -2.48. The van der Waals surface area contributed by atoms with Crippen LogP contribution < -0.4 is 10.6 Å². The Hall–Kier alpha value is -1.10. The van der Waals surface area contributed by atoms with Crippen LogP contribution >= 0.6 is 12.4 Å². The summed E-state index contributed by atoms with van der Waals surface area (Å²) in [6.45, 7) is 4.86. The van der Waals surface area contributed by atoms with Gasteiger partial charge in [-0.2, -0.15) is 0 Å². The first-order valence-electron chi connectivity index (χ1n) is 7.82. The van der Waals surface area contributed by atoms with Crippen molar-refractivity contribution in [2.45, 2.75) is 51.3 Å². The third-order valence-corrected chi connectivity index (χ3v) is 4.23. The highest BCUT2D eigenvalue weighted by Crippen LogP contribution is 2.16. The Morgan fingerprint density at radius 1 is 1.41 bits per heavy atom. The van der Waals surface area contributed by atoms with Crippen molar-refractivity contribution in [2.24, 2.45) is 5.92 Å². The van der Waals surface area contributed by atoms with Gasteiger partial charge in [0, 0.05) is 18.4 Å². The summed E-state index contributed by atoms with van der Waals surface area (Å²) in [5.41, 5.74) is 1.08. The van der Waals surface area contributed by atoms with E-state index in [0.717, 1.165) is 24.9 Å². The van der Waals surface area contributed by atoms with E-state index in [4.69, 9.17) is 0 Å². The monoisotopic (exact) mass is 326 g/mol. The fourth-order valence-electron chi connectivity index (χ4n) is 2.84. The Balaban J connectivity index is 0.00000242. The van der Waals surface area contributed by atoms with Crippen LogP contribution in [0.3, 0.4) is 0 Å². The fraction of sp³-hybridized carbons (Fsp3) is 0.588. The summed E-state index contributed by atoms with van der Waals surface area (Å²) < 4.78 is 0. The van der Waals surface area contributed by atoms with Crippen LogP contribution in [-0.4, -0.2) is 35.7 Å². The van der Waals surface area contributed by atoms with Gasteiger partial charge in [0.1, 0.15) is 0 Å². The SMILES string of the molecule is CC(NC(=O)[C@H]1CCN[C@@H](C)C1)C(O)Cc1ccccc1.Cl. The first-order valence-corrected chi connectivity index (χ1v) is 7.82. The maximum atomic E-state index is 12.3. The van der Waals surface area contributed by atoms with Crippen molar-refractivity contribution in [1.82, 2.24) is 10.6 Å². The second kappa shape index (κ2) is 9.13. The van der Waals surface area contributed by atoms with Gasteiger partial charge in [0.05, 0.1) is 12.1 Å². The van der Waals surface area contributed by atoms with E-state index in [-0.39, 0.29) is 30.3 Å². The van der Waals surface area contributed by atoms with Gasteiger partial charge in [-0.25, -0.2) is 0 Å². The van der Waals surface area contributed by atoms with Crippen LogP contribution in [0.5, 0.6) is 0 Å². The molecule has 2 unspecified atom stereocenters. The van der Waals surface area contributed by atoms with Gasteiger partial charge in [-0.15, -0.1) is 12.4 Å². The molecule has 1 fully saturated rings. The molecular weight excluding hydrogens is 300 g/mol. The third-order valence-electron chi connectivity index (χ3n) is 4.23. The molecule has 3 N–H and O–H groups in total. The summed E-state index contributed by atoms with van der Waals surface area (Å²) in [6.07, 6.45) is 1.74. The number of aliphatic hydroxyl groups excluding tert-OH is 1. The van der Waals surface area contributed by atoms with Gasteiger partial charge >= 0.3 is 0 Å². The number of aliphatic hydroxyl groups is 1. The van der Waals surface area contributed by atoms with Gasteiger partial charge in [-0.1, -0.05) is 30.3 Å². The molecule has 0 spiro atoms. The van der Waals surface area contributed by atoms with Gasteiger partial charge in [0.2, 0.25) is 5.91 Å². The molecule has 1 aromatic carbocycles. The van der Waals surface area contributed by atoms with Crippen molar-refractivity contribution in [3.05, 3.63) is 35.9 Å². The molecule has 1 aliphatic heterocycles. The number of carbonyl (C=O) groups excluding carboxylic acids is 1. The van der Waals surface area contributed by atoms with Gasteiger partial charge < -0.3 is 15.7 Å². The number of hydrogen-bond donors (Lipinski definition) is 3. The minimum Gasteiger partial charge on any atom is -0.391 e. The lowest BCUT2D eigenvalue weighted by atomic mass is 9.92. The standard InChI is InChI=1S/C17H26N2O2.ClH/c1-12-10-15(8-9-18-12)17(21)19-13(2)16(20)11-14-6-4-3-5-7-14;/h3-7,12-13,15-16,18,20H,8-11H2,1-2H3,(H,19,21);1H/t12-,13?,15-,16?;/m0./s1. The summed E-state index contributed by atoms with van der Waals surface area (Å²) in [7, 11) is 0. The summed E-state index contributed by atoms with van der Waals surface area (Å²) in [5, 5.41) is 16.6. The van der Waals surface area contributed by atoms with E-state index < -0.39 is 6.10 Å². The van der Waals surface area contributed by atoms with Crippen LogP contribution in [0.1, 0.15) is 32.3 Å². The van der Waals surface area contributed by atoms with Crippen molar-refractivity contribution >= 4 is 18.3 Å².